The van der Waals surface area contributed by atoms with Crippen molar-refractivity contribution >= 4 is 5.96 Å². The van der Waals surface area contributed by atoms with Gasteiger partial charge in [-0.25, -0.2) is 4.39 Å². The van der Waals surface area contributed by atoms with Crippen LogP contribution in [0.25, 0.3) is 0 Å². The third kappa shape index (κ3) is 5.48. The zero-order valence-corrected chi connectivity index (χ0v) is 14.3. The second kappa shape index (κ2) is 8.84. The van der Waals surface area contributed by atoms with Crippen molar-refractivity contribution in [3.8, 4) is 0 Å². The molecule has 1 aromatic rings. The summed E-state index contributed by atoms with van der Waals surface area (Å²) in [5.41, 5.74) is 0.641. The number of benzene rings is 1. The molecule has 2 N–H and O–H groups in total. The number of rotatable bonds is 5. The van der Waals surface area contributed by atoms with Gasteiger partial charge < -0.3 is 15.5 Å². The van der Waals surface area contributed by atoms with Gasteiger partial charge in [-0.2, -0.15) is 0 Å². The summed E-state index contributed by atoms with van der Waals surface area (Å²) in [6.45, 7) is 7.90. The Labute approximate surface area is 138 Å². The highest BCUT2D eigenvalue weighted by Crippen LogP contribution is 2.06. The summed E-state index contributed by atoms with van der Waals surface area (Å²) in [5, 5.41) is 6.49. The molecule has 0 aromatic heterocycles. The van der Waals surface area contributed by atoms with Gasteiger partial charge in [0.25, 0.3) is 0 Å². The Hall–Kier alpha value is -1.66. The Kier molecular flexibility index (Phi) is 6.80. The minimum atomic E-state index is -0.193. The number of likely N-dealkylation sites (N-methyl/N-ethyl adjacent to an activating group) is 1. The molecule has 0 radical (unpaired) electrons. The third-order valence-electron chi connectivity index (χ3n) is 4.35. The van der Waals surface area contributed by atoms with Crippen molar-refractivity contribution in [1.29, 1.82) is 0 Å². The molecule has 2 rings (SSSR count). The summed E-state index contributed by atoms with van der Waals surface area (Å²) in [5.74, 6) is 0.510. The van der Waals surface area contributed by atoms with E-state index in [1.807, 2.05) is 6.07 Å². The van der Waals surface area contributed by atoms with Gasteiger partial charge in [0.1, 0.15) is 5.82 Å². The van der Waals surface area contributed by atoms with Crippen LogP contribution >= 0.6 is 0 Å². The van der Waals surface area contributed by atoms with Crippen LogP contribution in [0.5, 0.6) is 0 Å². The Morgan fingerprint density at radius 1 is 1.22 bits per heavy atom. The first-order valence-electron chi connectivity index (χ1n) is 8.20. The number of piperazine rings is 1. The molecule has 0 bridgehead atoms. The van der Waals surface area contributed by atoms with Crippen molar-refractivity contribution in [2.45, 2.75) is 19.5 Å². The van der Waals surface area contributed by atoms with Crippen LogP contribution < -0.4 is 10.6 Å². The van der Waals surface area contributed by atoms with Gasteiger partial charge in [-0.15, -0.1) is 0 Å². The van der Waals surface area contributed by atoms with E-state index in [-0.39, 0.29) is 5.82 Å². The number of nitrogens with one attached hydrogen (secondary N) is 2. The lowest BCUT2D eigenvalue weighted by atomic mass is 10.2. The highest BCUT2D eigenvalue weighted by molar-refractivity contribution is 5.79. The molecular formula is C17H28FN5. The maximum absolute atomic E-state index is 13.6. The van der Waals surface area contributed by atoms with E-state index in [0.717, 1.165) is 32.7 Å². The maximum Gasteiger partial charge on any atom is 0.191 e. The summed E-state index contributed by atoms with van der Waals surface area (Å²) < 4.78 is 13.6. The molecule has 0 saturated carbocycles. The van der Waals surface area contributed by atoms with Gasteiger partial charge in [-0.1, -0.05) is 18.2 Å². The van der Waals surface area contributed by atoms with Gasteiger partial charge in [0.15, 0.2) is 5.96 Å². The molecule has 23 heavy (non-hydrogen) atoms. The largest absolute Gasteiger partial charge is 0.355 e. The average Bonchev–Trinajstić information content (AvgIpc) is 2.57. The van der Waals surface area contributed by atoms with Crippen LogP contribution in [-0.2, 0) is 6.54 Å². The molecule has 1 fully saturated rings. The second-order valence-electron chi connectivity index (χ2n) is 6.09. The molecule has 128 valence electrons. The fraction of sp³-hybridized carbons (Fsp3) is 0.588. The number of hydrogen-bond donors (Lipinski definition) is 2. The van der Waals surface area contributed by atoms with Crippen LogP contribution in [0, 0.1) is 5.82 Å². The van der Waals surface area contributed by atoms with E-state index in [2.05, 4.69) is 39.4 Å². The summed E-state index contributed by atoms with van der Waals surface area (Å²) in [6.07, 6.45) is 0. The van der Waals surface area contributed by atoms with Gasteiger partial charge in [0.05, 0.1) is 0 Å². The summed E-state index contributed by atoms with van der Waals surface area (Å²) in [4.78, 5) is 9.04. The number of aliphatic imine (C=N–C) groups is 1. The highest BCUT2D eigenvalue weighted by atomic mass is 19.1. The summed E-state index contributed by atoms with van der Waals surface area (Å²) >= 11 is 0. The van der Waals surface area contributed by atoms with Gasteiger partial charge >= 0.3 is 0 Å². The first-order chi connectivity index (χ1) is 11.1. The van der Waals surface area contributed by atoms with Crippen molar-refractivity contribution in [1.82, 2.24) is 20.4 Å². The monoisotopic (exact) mass is 321 g/mol. The second-order valence-corrected chi connectivity index (χ2v) is 6.09. The SMILES string of the molecule is CN=C(NCc1ccccc1F)NCC(C)N1CCN(C)CC1. The van der Waals surface area contributed by atoms with Crippen molar-refractivity contribution in [2.24, 2.45) is 4.99 Å². The molecule has 1 aromatic carbocycles. The van der Waals surface area contributed by atoms with Gasteiger partial charge in [0, 0.05) is 57.9 Å². The average molecular weight is 321 g/mol. The smallest absolute Gasteiger partial charge is 0.191 e. The zero-order chi connectivity index (χ0) is 16.7. The molecule has 5 nitrogen and oxygen atoms in total. The molecule has 1 saturated heterocycles. The van der Waals surface area contributed by atoms with Crippen molar-refractivity contribution in [3.63, 3.8) is 0 Å². The van der Waals surface area contributed by atoms with Crippen molar-refractivity contribution < 1.29 is 4.39 Å². The van der Waals surface area contributed by atoms with E-state index in [1.54, 1.807) is 19.2 Å². The minimum Gasteiger partial charge on any atom is -0.355 e. The van der Waals surface area contributed by atoms with Gasteiger partial charge in [-0.3, -0.25) is 9.89 Å². The van der Waals surface area contributed by atoms with E-state index in [1.165, 1.54) is 6.07 Å². The number of guanidine groups is 1. The number of hydrogen-bond acceptors (Lipinski definition) is 3. The fourth-order valence-electron chi connectivity index (χ4n) is 2.68. The molecule has 1 heterocycles. The predicted octanol–water partition coefficient (Wildman–Crippen LogP) is 1.13. The lowest BCUT2D eigenvalue weighted by Crippen LogP contribution is -2.52. The summed E-state index contributed by atoms with van der Waals surface area (Å²) in [6, 6.07) is 7.23. The van der Waals surface area contributed by atoms with E-state index < -0.39 is 0 Å². The molecule has 1 atom stereocenters. The number of halogens is 1. The molecule has 0 aliphatic carbocycles. The first-order valence-corrected chi connectivity index (χ1v) is 8.20. The minimum absolute atomic E-state index is 0.193. The Morgan fingerprint density at radius 2 is 1.91 bits per heavy atom. The number of nitrogens with zero attached hydrogens (tertiary/aromatic N) is 3. The predicted molar refractivity (Wildman–Crippen MR) is 93.1 cm³/mol. The van der Waals surface area contributed by atoms with Gasteiger partial charge in [0.2, 0.25) is 0 Å². The highest BCUT2D eigenvalue weighted by Gasteiger charge is 2.19. The van der Waals surface area contributed by atoms with Crippen LogP contribution in [0.1, 0.15) is 12.5 Å². The van der Waals surface area contributed by atoms with E-state index in [9.17, 15) is 4.39 Å². The molecule has 1 aliphatic heterocycles. The van der Waals surface area contributed by atoms with E-state index >= 15 is 0 Å². The molecule has 0 amide bonds. The normalized spacial score (nSPS) is 18.7. The zero-order valence-electron chi connectivity index (χ0n) is 14.3. The Balaban J connectivity index is 1.75. The fourth-order valence-corrected chi connectivity index (χ4v) is 2.68. The topological polar surface area (TPSA) is 42.9 Å². The van der Waals surface area contributed by atoms with E-state index in [4.69, 9.17) is 0 Å². The first kappa shape index (κ1) is 17.7. The van der Waals surface area contributed by atoms with Crippen molar-refractivity contribution in [3.05, 3.63) is 35.6 Å². The lowest BCUT2D eigenvalue weighted by molar-refractivity contribution is 0.120. The molecule has 1 unspecified atom stereocenters. The molecule has 6 heteroatoms. The third-order valence-corrected chi connectivity index (χ3v) is 4.35. The molecule has 1 aliphatic rings. The Morgan fingerprint density at radius 3 is 2.57 bits per heavy atom. The van der Waals surface area contributed by atoms with Crippen molar-refractivity contribution in [2.75, 3.05) is 46.8 Å². The quantitative estimate of drug-likeness (QED) is 0.630. The standard InChI is InChI=1S/C17H28FN5/c1-14(23-10-8-22(3)9-11-23)12-20-17(19-2)21-13-15-6-4-5-7-16(15)18/h4-7,14H,8-13H2,1-3H3,(H2,19,20,21). The van der Waals surface area contributed by atoms with Crippen LogP contribution in [0.4, 0.5) is 4.39 Å². The van der Waals surface area contributed by atoms with E-state index in [0.29, 0.717) is 24.1 Å². The maximum atomic E-state index is 13.6. The van der Waals surface area contributed by atoms with Crippen LogP contribution in [0.3, 0.4) is 0 Å². The van der Waals surface area contributed by atoms with Crippen LogP contribution in [0.2, 0.25) is 0 Å². The molecular weight excluding hydrogens is 293 g/mol. The Bertz CT molecular complexity index is 511. The summed E-state index contributed by atoms with van der Waals surface area (Å²) in [7, 11) is 3.89. The van der Waals surface area contributed by atoms with Gasteiger partial charge in [-0.05, 0) is 20.0 Å². The van der Waals surface area contributed by atoms with Crippen LogP contribution in [-0.4, -0.2) is 68.6 Å². The lowest BCUT2D eigenvalue weighted by Gasteiger charge is -2.36. The van der Waals surface area contributed by atoms with Crippen LogP contribution in [0.15, 0.2) is 29.3 Å². The molecule has 0 spiro atoms.